The zero-order valence-electron chi connectivity index (χ0n) is 14.3. The molecule has 0 aliphatic heterocycles. The van der Waals surface area contributed by atoms with Gasteiger partial charge in [0, 0.05) is 12.1 Å². The number of aromatic nitrogens is 2. The Morgan fingerprint density at radius 2 is 1.19 bits per heavy atom. The van der Waals surface area contributed by atoms with E-state index >= 15 is 0 Å². The summed E-state index contributed by atoms with van der Waals surface area (Å²) in [5.41, 5.74) is 0.170. The molecule has 0 unspecified atom stereocenters. The fourth-order valence-corrected chi connectivity index (χ4v) is 2.74. The molecule has 1 heterocycles. The van der Waals surface area contributed by atoms with Crippen LogP contribution < -0.4 is 20.1 Å². The zero-order chi connectivity index (χ0) is 18.8. The molecule has 0 bridgehead atoms. The maximum Gasteiger partial charge on any atom is 0.296 e. The highest BCUT2D eigenvalue weighted by molar-refractivity contribution is 6.01. The SMILES string of the molecule is CCOC(O)=c1ccc2c3ccc(=C(O)OCC)cc3[n+]([O-])[n+]([O-])c2c1. The van der Waals surface area contributed by atoms with Gasteiger partial charge in [-0.15, -0.1) is 0 Å². The molecule has 0 amide bonds. The monoisotopic (exact) mass is 358 g/mol. The molecule has 3 rings (SSSR count). The number of aliphatic hydroxyl groups excluding tert-OH is 2. The van der Waals surface area contributed by atoms with Gasteiger partial charge in [0.25, 0.3) is 22.9 Å². The van der Waals surface area contributed by atoms with Crippen LogP contribution in [-0.2, 0) is 9.47 Å². The highest BCUT2D eigenvalue weighted by atomic mass is 16.6. The largest absolute Gasteiger partial charge is 0.561 e. The van der Waals surface area contributed by atoms with Crippen molar-refractivity contribution in [1.29, 1.82) is 0 Å². The van der Waals surface area contributed by atoms with Crippen molar-refractivity contribution in [2.45, 2.75) is 13.8 Å². The average molecular weight is 358 g/mol. The quantitative estimate of drug-likeness (QED) is 0.401. The number of hydrogen-bond donors (Lipinski definition) is 2. The van der Waals surface area contributed by atoms with Crippen molar-refractivity contribution in [2.24, 2.45) is 0 Å². The molecule has 0 saturated heterocycles. The van der Waals surface area contributed by atoms with E-state index in [1.165, 1.54) is 12.1 Å². The molecule has 0 aliphatic carbocycles. The molecule has 8 nitrogen and oxygen atoms in total. The molecule has 3 aromatic rings. The lowest BCUT2D eigenvalue weighted by Crippen LogP contribution is -2.61. The Labute approximate surface area is 148 Å². The lowest BCUT2D eigenvalue weighted by atomic mass is 10.1. The van der Waals surface area contributed by atoms with E-state index in [1.807, 2.05) is 0 Å². The minimum atomic E-state index is -0.321. The number of hydrogen-bond acceptors (Lipinski definition) is 6. The van der Waals surface area contributed by atoms with Crippen molar-refractivity contribution >= 4 is 33.7 Å². The van der Waals surface area contributed by atoms with Gasteiger partial charge in [-0.25, -0.2) is 0 Å². The topological polar surface area (TPSA) is 113 Å². The van der Waals surface area contributed by atoms with E-state index in [2.05, 4.69) is 0 Å². The third kappa shape index (κ3) is 2.85. The van der Waals surface area contributed by atoms with Crippen LogP contribution in [0.15, 0.2) is 36.4 Å². The van der Waals surface area contributed by atoms with Gasteiger partial charge < -0.3 is 30.1 Å². The fourth-order valence-electron chi connectivity index (χ4n) is 2.74. The first-order valence-electron chi connectivity index (χ1n) is 8.09. The molecule has 0 fully saturated rings. The van der Waals surface area contributed by atoms with E-state index < -0.39 is 0 Å². The normalized spacial score (nSPS) is 13.6. The maximum absolute atomic E-state index is 12.4. The summed E-state index contributed by atoms with van der Waals surface area (Å²) >= 11 is 0. The Morgan fingerprint density at radius 3 is 1.54 bits per heavy atom. The number of nitrogens with zero attached hydrogens (tertiary/aromatic N) is 2. The molecule has 2 N–H and O–H groups in total. The van der Waals surface area contributed by atoms with Crippen molar-refractivity contribution < 1.29 is 29.4 Å². The van der Waals surface area contributed by atoms with Gasteiger partial charge in [-0.2, -0.15) is 0 Å². The highest BCUT2D eigenvalue weighted by Gasteiger charge is 2.21. The number of benzene rings is 2. The van der Waals surface area contributed by atoms with Crippen molar-refractivity contribution in [3.05, 3.63) is 57.3 Å². The third-order valence-corrected chi connectivity index (χ3v) is 3.92. The van der Waals surface area contributed by atoms with E-state index in [9.17, 15) is 20.6 Å². The van der Waals surface area contributed by atoms with Gasteiger partial charge in [0.1, 0.15) is 0 Å². The maximum atomic E-state index is 12.4. The summed E-state index contributed by atoms with van der Waals surface area (Å²) in [6.45, 7) is 3.97. The summed E-state index contributed by atoms with van der Waals surface area (Å²) in [6.07, 6.45) is 0. The summed E-state index contributed by atoms with van der Waals surface area (Å²) in [5.74, 6) is -0.642. The van der Waals surface area contributed by atoms with Crippen LogP contribution >= 0.6 is 0 Å². The summed E-state index contributed by atoms with van der Waals surface area (Å²) in [4.78, 5) is 0.365. The molecular weight excluding hydrogens is 340 g/mol. The van der Waals surface area contributed by atoms with Crippen LogP contribution in [0.5, 0.6) is 0 Å². The Hall–Kier alpha value is -3.42. The first-order chi connectivity index (χ1) is 12.5. The second-order valence-corrected chi connectivity index (χ2v) is 5.49. The zero-order valence-corrected chi connectivity index (χ0v) is 14.3. The van der Waals surface area contributed by atoms with Gasteiger partial charge >= 0.3 is 0 Å². The third-order valence-electron chi connectivity index (χ3n) is 3.92. The first-order valence-corrected chi connectivity index (χ1v) is 8.09. The predicted molar refractivity (Wildman–Crippen MR) is 93.9 cm³/mol. The summed E-state index contributed by atoms with van der Waals surface area (Å²) in [6, 6.07) is 9.22. The molecular formula is C18H18N2O6. The van der Waals surface area contributed by atoms with Crippen LogP contribution in [0.3, 0.4) is 0 Å². The van der Waals surface area contributed by atoms with Crippen LogP contribution in [0.2, 0.25) is 0 Å². The lowest BCUT2D eigenvalue weighted by molar-refractivity contribution is -1.16. The van der Waals surface area contributed by atoms with Gasteiger partial charge in [-0.05, 0) is 38.1 Å². The Balaban J connectivity index is 2.37. The number of aliphatic hydroxyl groups is 2. The summed E-state index contributed by atoms with van der Waals surface area (Å²) in [5, 5.41) is 46.2. The molecule has 0 saturated carbocycles. The van der Waals surface area contributed by atoms with Crippen LogP contribution in [-0.4, -0.2) is 23.4 Å². The van der Waals surface area contributed by atoms with Crippen LogP contribution in [0.4, 0.5) is 0 Å². The van der Waals surface area contributed by atoms with Gasteiger partial charge in [-0.3, -0.25) is 0 Å². The molecule has 0 atom stereocenters. The van der Waals surface area contributed by atoms with E-state index in [-0.39, 0.29) is 45.8 Å². The minimum Gasteiger partial charge on any atom is -0.561 e. The van der Waals surface area contributed by atoms with Crippen LogP contribution in [0.25, 0.3) is 33.7 Å². The van der Waals surface area contributed by atoms with Gasteiger partial charge in [0.05, 0.1) is 44.1 Å². The molecule has 1 aromatic heterocycles. The molecule has 136 valence electrons. The molecule has 2 aromatic carbocycles. The molecule has 0 aliphatic rings. The standard InChI is InChI=1S/C18H18N2O6/c1-3-25-17(21)11-5-7-13-14-8-6-12(18(22)26-4-2)10-16(14)20(24)19(23)15(13)9-11/h5-10,21-22H,3-4H2,1-2H3. The van der Waals surface area contributed by atoms with Crippen molar-refractivity contribution in [3.63, 3.8) is 0 Å². The minimum absolute atomic E-state index is 0.0852. The smallest absolute Gasteiger partial charge is 0.296 e. The van der Waals surface area contributed by atoms with Crippen LogP contribution in [0, 0.1) is 10.4 Å². The van der Waals surface area contributed by atoms with Crippen molar-refractivity contribution in [3.8, 4) is 0 Å². The van der Waals surface area contributed by atoms with E-state index in [1.54, 1.807) is 38.1 Å². The van der Waals surface area contributed by atoms with Crippen LogP contribution in [0.1, 0.15) is 13.8 Å². The molecule has 0 spiro atoms. The molecule has 0 radical (unpaired) electrons. The van der Waals surface area contributed by atoms with E-state index in [0.717, 1.165) is 0 Å². The lowest BCUT2D eigenvalue weighted by Gasteiger charge is -2.06. The summed E-state index contributed by atoms with van der Waals surface area (Å²) < 4.78 is 10.1. The molecule has 26 heavy (non-hydrogen) atoms. The Kier molecular flexibility index (Phi) is 4.57. The summed E-state index contributed by atoms with van der Waals surface area (Å²) in [7, 11) is 0. The second-order valence-electron chi connectivity index (χ2n) is 5.49. The average Bonchev–Trinajstić information content (AvgIpc) is 2.65. The second kappa shape index (κ2) is 6.83. The number of rotatable bonds is 4. The van der Waals surface area contributed by atoms with E-state index in [0.29, 0.717) is 21.2 Å². The Morgan fingerprint density at radius 1 is 0.808 bits per heavy atom. The highest BCUT2D eigenvalue weighted by Crippen LogP contribution is 2.17. The fraction of sp³-hybridized carbons (Fsp3) is 0.222. The van der Waals surface area contributed by atoms with Gasteiger partial charge in [-0.1, -0.05) is 0 Å². The van der Waals surface area contributed by atoms with Gasteiger partial charge in [0.15, 0.2) is 0 Å². The predicted octanol–water partition coefficient (Wildman–Crippen LogP) is 0.580. The van der Waals surface area contributed by atoms with Gasteiger partial charge in [0.2, 0.25) is 0 Å². The van der Waals surface area contributed by atoms with Crippen molar-refractivity contribution in [1.82, 2.24) is 0 Å². The van der Waals surface area contributed by atoms with E-state index in [4.69, 9.17) is 9.47 Å². The molecule has 8 heteroatoms. The number of fused-ring (bicyclic) bond motifs is 3. The van der Waals surface area contributed by atoms with Crippen molar-refractivity contribution in [2.75, 3.05) is 13.2 Å². The first kappa shape index (κ1) is 17.4. The number of ether oxygens (including phenoxy) is 2. The Bertz CT molecular complexity index is 1020.